The van der Waals surface area contributed by atoms with Crippen LogP contribution in [0.15, 0.2) is 18.2 Å². The maximum Gasteiger partial charge on any atom is 0.248 e. The zero-order chi connectivity index (χ0) is 13.9. The van der Waals surface area contributed by atoms with Crippen LogP contribution in [0, 0.1) is 6.92 Å². The Morgan fingerprint density at radius 3 is 2.89 bits per heavy atom. The highest BCUT2D eigenvalue weighted by Gasteiger charge is 2.26. The Morgan fingerprint density at radius 1 is 1.53 bits per heavy atom. The van der Waals surface area contributed by atoms with Gasteiger partial charge in [-0.1, -0.05) is 6.07 Å². The first kappa shape index (κ1) is 14.0. The molecular weight excluding hydrogens is 240 g/mol. The summed E-state index contributed by atoms with van der Waals surface area (Å²) in [6.45, 7) is 6.60. The number of hydrogen-bond donors (Lipinski definition) is 2. The van der Waals surface area contributed by atoms with Crippen molar-refractivity contribution in [1.29, 1.82) is 0 Å². The van der Waals surface area contributed by atoms with Crippen molar-refractivity contribution in [2.45, 2.75) is 38.8 Å². The second-order valence-electron chi connectivity index (χ2n) is 5.58. The Hall–Kier alpha value is -1.39. The number of nitrogens with one attached hydrogen (secondary N) is 1. The van der Waals surface area contributed by atoms with E-state index in [1.54, 1.807) is 6.07 Å². The van der Waals surface area contributed by atoms with Crippen molar-refractivity contribution in [2.75, 3.05) is 13.2 Å². The minimum atomic E-state index is -0.379. The van der Waals surface area contributed by atoms with E-state index in [2.05, 4.69) is 12.2 Å². The van der Waals surface area contributed by atoms with E-state index in [4.69, 9.17) is 10.5 Å². The van der Waals surface area contributed by atoms with Gasteiger partial charge in [0.1, 0.15) is 0 Å². The molecule has 3 N–H and O–H groups in total. The summed E-state index contributed by atoms with van der Waals surface area (Å²) in [5, 5.41) is 3.56. The van der Waals surface area contributed by atoms with Gasteiger partial charge in [-0.15, -0.1) is 0 Å². The Labute approximate surface area is 114 Å². The predicted molar refractivity (Wildman–Crippen MR) is 75.0 cm³/mol. The average Bonchev–Trinajstić information content (AvgIpc) is 2.38. The molecule has 1 fully saturated rings. The van der Waals surface area contributed by atoms with Gasteiger partial charge < -0.3 is 15.8 Å². The zero-order valence-electron chi connectivity index (χ0n) is 11.7. The molecule has 1 atom stereocenters. The van der Waals surface area contributed by atoms with E-state index in [-0.39, 0.29) is 11.4 Å². The van der Waals surface area contributed by atoms with E-state index in [0.29, 0.717) is 5.56 Å². The standard InChI is InChI=1S/C15H22N2O2/c1-11-8-12(14(16)18)4-5-13(11)9-17-15(2)6-3-7-19-10-15/h4-5,8,17H,3,6-7,9-10H2,1-2H3,(H2,16,18). The molecule has 19 heavy (non-hydrogen) atoms. The van der Waals surface area contributed by atoms with E-state index in [9.17, 15) is 4.79 Å². The fourth-order valence-electron chi connectivity index (χ4n) is 2.43. The number of carbonyl (C=O) groups is 1. The lowest BCUT2D eigenvalue weighted by Gasteiger charge is -2.34. The quantitative estimate of drug-likeness (QED) is 0.869. The molecule has 1 aromatic rings. The lowest BCUT2D eigenvalue weighted by Crippen LogP contribution is -2.48. The van der Waals surface area contributed by atoms with Gasteiger partial charge in [-0.25, -0.2) is 0 Å². The third kappa shape index (κ3) is 3.55. The SMILES string of the molecule is Cc1cc(C(N)=O)ccc1CNC1(C)CCCOC1. The zero-order valence-corrected chi connectivity index (χ0v) is 11.7. The van der Waals surface area contributed by atoms with E-state index < -0.39 is 0 Å². The second kappa shape index (κ2) is 5.72. The van der Waals surface area contributed by atoms with Crippen LogP contribution in [0.5, 0.6) is 0 Å². The van der Waals surface area contributed by atoms with Crippen molar-refractivity contribution in [3.8, 4) is 0 Å². The fraction of sp³-hybridized carbons (Fsp3) is 0.533. The van der Waals surface area contributed by atoms with Crippen molar-refractivity contribution in [3.05, 3.63) is 34.9 Å². The minimum absolute atomic E-state index is 0.0487. The number of aryl methyl sites for hydroxylation is 1. The summed E-state index contributed by atoms with van der Waals surface area (Å²) < 4.78 is 5.53. The van der Waals surface area contributed by atoms with E-state index in [1.807, 2.05) is 19.1 Å². The number of carbonyl (C=O) groups excluding carboxylic acids is 1. The van der Waals surface area contributed by atoms with Crippen LogP contribution in [-0.4, -0.2) is 24.7 Å². The summed E-state index contributed by atoms with van der Waals surface area (Å²) in [4.78, 5) is 11.1. The van der Waals surface area contributed by atoms with Gasteiger partial charge in [-0.2, -0.15) is 0 Å². The summed E-state index contributed by atoms with van der Waals surface area (Å²) >= 11 is 0. The molecule has 1 saturated heterocycles. The van der Waals surface area contributed by atoms with Gasteiger partial charge in [0.25, 0.3) is 0 Å². The average molecular weight is 262 g/mol. The van der Waals surface area contributed by atoms with Gasteiger partial charge in [-0.05, 0) is 49.9 Å². The first-order chi connectivity index (χ1) is 9.00. The van der Waals surface area contributed by atoms with Crippen molar-refractivity contribution in [2.24, 2.45) is 5.73 Å². The smallest absolute Gasteiger partial charge is 0.248 e. The van der Waals surface area contributed by atoms with Crippen LogP contribution in [0.2, 0.25) is 0 Å². The molecule has 0 radical (unpaired) electrons. The number of rotatable bonds is 4. The van der Waals surface area contributed by atoms with Crippen LogP contribution in [-0.2, 0) is 11.3 Å². The molecule has 0 bridgehead atoms. The highest BCUT2D eigenvalue weighted by Crippen LogP contribution is 2.20. The monoisotopic (exact) mass is 262 g/mol. The number of ether oxygens (including phenoxy) is 1. The van der Waals surface area contributed by atoms with Crippen LogP contribution < -0.4 is 11.1 Å². The van der Waals surface area contributed by atoms with E-state index in [0.717, 1.165) is 38.2 Å². The molecule has 0 saturated carbocycles. The number of primary amides is 1. The lowest BCUT2D eigenvalue weighted by atomic mass is 9.94. The molecule has 2 rings (SSSR count). The molecule has 0 aliphatic carbocycles. The number of nitrogens with two attached hydrogens (primary N) is 1. The molecule has 1 aromatic carbocycles. The summed E-state index contributed by atoms with van der Waals surface area (Å²) in [7, 11) is 0. The van der Waals surface area contributed by atoms with Crippen molar-refractivity contribution in [3.63, 3.8) is 0 Å². The molecule has 4 nitrogen and oxygen atoms in total. The molecule has 1 unspecified atom stereocenters. The Kier molecular flexibility index (Phi) is 4.22. The fourth-order valence-corrected chi connectivity index (χ4v) is 2.43. The molecule has 0 aromatic heterocycles. The molecular formula is C15H22N2O2. The third-order valence-corrected chi connectivity index (χ3v) is 3.77. The van der Waals surface area contributed by atoms with Gasteiger partial charge in [0.2, 0.25) is 5.91 Å². The summed E-state index contributed by atoms with van der Waals surface area (Å²) in [6.07, 6.45) is 2.23. The van der Waals surface area contributed by atoms with Crippen LogP contribution in [0.4, 0.5) is 0 Å². The van der Waals surface area contributed by atoms with Crippen LogP contribution >= 0.6 is 0 Å². The molecule has 104 valence electrons. The normalized spacial score (nSPS) is 23.3. The van der Waals surface area contributed by atoms with Crippen molar-refractivity contribution < 1.29 is 9.53 Å². The largest absolute Gasteiger partial charge is 0.380 e. The molecule has 0 spiro atoms. The molecule has 1 heterocycles. The summed E-state index contributed by atoms with van der Waals surface area (Å²) in [6, 6.07) is 5.60. The van der Waals surface area contributed by atoms with E-state index in [1.165, 1.54) is 5.56 Å². The first-order valence-electron chi connectivity index (χ1n) is 6.72. The molecule has 4 heteroatoms. The summed E-state index contributed by atoms with van der Waals surface area (Å²) in [5.41, 5.74) is 8.16. The van der Waals surface area contributed by atoms with Crippen LogP contribution in [0.25, 0.3) is 0 Å². The van der Waals surface area contributed by atoms with Gasteiger partial charge in [0.15, 0.2) is 0 Å². The molecule has 1 aliphatic rings. The van der Waals surface area contributed by atoms with Gasteiger partial charge in [-0.3, -0.25) is 4.79 Å². The number of hydrogen-bond acceptors (Lipinski definition) is 3. The number of benzene rings is 1. The maximum absolute atomic E-state index is 11.1. The Morgan fingerprint density at radius 2 is 2.32 bits per heavy atom. The van der Waals surface area contributed by atoms with Crippen molar-refractivity contribution in [1.82, 2.24) is 5.32 Å². The first-order valence-corrected chi connectivity index (χ1v) is 6.72. The topological polar surface area (TPSA) is 64.4 Å². The maximum atomic E-state index is 11.1. The Bertz CT molecular complexity index is 465. The Balaban J connectivity index is 2.01. The van der Waals surface area contributed by atoms with E-state index >= 15 is 0 Å². The van der Waals surface area contributed by atoms with Crippen LogP contribution in [0.1, 0.15) is 41.3 Å². The van der Waals surface area contributed by atoms with Crippen LogP contribution in [0.3, 0.4) is 0 Å². The second-order valence-corrected chi connectivity index (χ2v) is 5.58. The molecule has 1 amide bonds. The lowest BCUT2D eigenvalue weighted by molar-refractivity contribution is 0.0277. The van der Waals surface area contributed by atoms with Crippen molar-refractivity contribution >= 4 is 5.91 Å². The molecule has 1 aliphatic heterocycles. The van der Waals surface area contributed by atoms with Gasteiger partial charge in [0.05, 0.1) is 6.61 Å². The highest BCUT2D eigenvalue weighted by atomic mass is 16.5. The summed E-state index contributed by atoms with van der Waals surface area (Å²) in [5.74, 6) is -0.379. The number of amides is 1. The third-order valence-electron chi connectivity index (χ3n) is 3.77. The minimum Gasteiger partial charge on any atom is -0.380 e. The predicted octanol–water partition coefficient (Wildman–Crippen LogP) is 1.75. The van der Waals surface area contributed by atoms with Gasteiger partial charge in [0, 0.05) is 24.3 Å². The van der Waals surface area contributed by atoms with Gasteiger partial charge >= 0.3 is 0 Å². The highest BCUT2D eigenvalue weighted by molar-refractivity contribution is 5.93.